The topological polar surface area (TPSA) is 98.3 Å². The van der Waals surface area contributed by atoms with Gasteiger partial charge in [0.2, 0.25) is 15.9 Å². The first-order valence-corrected chi connectivity index (χ1v) is 9.20. The minimum Gasteiger partial charge on any atom is -0.334 e. The molecule has 1 amide bonds. The van der Waals surface area contributed by atoms with Gasteiger partial charge in [0.1, 0.15) is 11.4 Å². The number of rotatable bonds is 3. The molecule has 1 unspecified atom stereocenters. The number of fused-ring (bicyclic) bond motifs is 1. The fourth-order valence-electron chi connectivity index (χ4n) is 2.66. The van der Waals surface area contributed by atoms with Gasteiger partial charge >= 0.3 is 0 Å². The SMILES string of the molecule is CC1c2ccsc2CCN1C(=O)Cn1cc(S(N)(=O)=O)cn1. The summed E-state index contributed by atoms with van der Waals surface area (Å²) in [7, 11) is -3.79. The Morgan fingerprint density at radius 1 is 1.55 bits per heavy atom. The largest absolute Gasteiger partial charge is 0.334 e. The van der Waals surface area contributed by atoms with Crippen LogP contribution in [0.2, 0.25) is 0 Å². The number of nitrogens with two attached hydrogens (primary N) is 1. The minimum atomic E-state index is -3.79. The van der Waals surface area contributed by atoms with E-state index in [0.717, 1.165) is 12.6 Å². The van der Waals surface area contributed by atoms with E-state index >= 15 is 0 Å². The summed E-state index contributed by atoms with van der Waals surface area (Å²) in [4.78, 5) is 15.5. The van der Waals surface area contributed by atoms with Crippen molar-refractivity contribution in [3.8, 4) is 0 Å². The second-order valence-electron chi connectivity index (χ2n) is 5.23. The first-order chi connectivity index (χ1) is 10.4. The number of hydrogen-bond acceptors (Lipinski definition) is 5. The lowest BCUT2D eigenvalue weighted by molar-refractivity contribution is -0.134. The molecule has 3 rings (SSSR count). The van der Waals surface area contributed by atoms with Crippen LogP contribution in [0.1, 0.15) is 23.4 Å². The van der Waals surface area contributed by atoms with Crippen LogP contribution in [0.15, 0.2) is 28.7 Å². The first kappa shape index (κ1) is 15.2. The van der Waals surface area contributed by atoms with E-state index in [1.807, 2.05) is 12.3 Å². The highest BCUT2D eigenvalue weighted by atomic mass is 32.2. The van der Waals surface area contributed by atoms with E-state index in [1.165, 1.54) is 21.3 Å². The molecule has 0 bridgehead atoms. The molecule has 0 aliphatic carbocycles. The van der Waals surface area contributed by atoms with Crippen molar-refractivity contribution in [1.29, 1.82) is 0 Å². The first-order valence-electron chi connectivity index (χ1n) is 6.77. The Hall–Kier alpha value is -1.71. The van der Waals surface area contributed by atoms with Crippen LogP contribution in [0, 0.1) is 0 Å². The lowest BCUT2D eigenvalue weighted by atomic mass is 10.0. The van der Waals surface area contributed by atoms with Crippen molar-refractivity contribution in [2.75, 3.05) is 6.54 Å². The molecule has 0 fully saturated rings. The van der Waals surface area contributed by atoms with Crippen molar-refractivity contribution in [2.24, 2.45) is 5.14 Å². The van der Waals surface area contributed by atoms with Gasteiger partial charge in [0.15, 0.2) is 0 Å². The summed E-state index contributed by atoms with van der Waals surface area (Å²) >= 11 is 1.72. The highest BCUT2D eigenvalue weighted by Gasteiger charge is 2.28. The Labute approximate surface area is 132 Å². The van der Waals surface area contributed by atoms with Crippen molar-refractivity contribution in [1.82, 2.24) is 14.7 Å². The summed E-state index contributed by atoms with van der Waals surface area (Å²) < 4.78 is 23.8. The number of amides is 1. The van der Waals surface area contributed by atoms with Crippen molar-refractivity contribution in [2.45, 2.75) is 30.8 Å². The zero-order chi connectivity index (χ0) is 15.9. The standard InChI is InChI=1S/C13H16N4O3S2/c1-9-11-3-5-21-12(11)2-4-17(9)13(18)8-16-7-10(6-15-16)22(14,19)20/h3,5-7,9H,2,4,8H2,1H3,(H2,14,19,20). The normalized spacial score (nSPS) is 18.3. The van der Waals surface area contributed by atoms with Gasteiger partial charge in [-0.3, -0.25) is 9.48 Å². The average Bonchev–Trinajstić information content (AvgIpc) is 3.06. The maximum Gasteiger partial charge on any atom is 0.244 e. The van der Waals surface area contributed by atoms with Gasteiger partial charge in [0.05, 0.1) is 12.2 Å². The molecule has 3 heterocycles. The highest BCUT2D eigenvalue weighted by Crippen LogP contribution is 2.32. The Bertz CT molecular complexity index is 809. The zero-order valence-electron chi connectivity index (χ0n) is 12.0. The Morgan fingerprint density at radius 3 is 3.00 bits per heavy atom. The third-order valence-corrected chi connectivity index (χ3v) is 5.70. The molecule has 0 spiro atoms. The Morgan fingerprint density at radius 2 is 2.32 bits per heavy atom. The van der Waals surface area contributed by atoms with E-state index in [2.05, 4.69) is 11.2 Å². The second-order valence-corrected chi connectivity index (χ2v) is 7.79. The lowest BCUT2D eigenvalue weighted by Crippen LogP contribution is -2.40. The predicted molar refractivity (Wildman–Crippen MR) is 81.8 cm³/mol. The van der Waals surface area contributed by atoms with E-state index in [4.69, 9.17) is 5.14 Å². The molecular formula is C13H16N4O3S2. The maximum atomic E-state index is 12.5. The Kier molecular flexibility index (Phi) is 3.79. The summed E-state index contributed by atoms with van der Waals surface area (Å²) in [6, 6.07) is 2.08. The monoisotopic (exact) mass is 340 g/mol. The van der Waals surface area contributed by atoms with Gasteiger partial charge in [0.25, 0.3) is 0 Å². The van der Waals surface area contributed by atoms with Gasteiger partial charge in [-0.25, -0.2) is 13.6 Å². The molecule has 1 aliphatic rings. The van der Waals surface area contributed by atoms with Crippen LogP contribution >= 0.6 is 11.3 Å². The van der Waals surface area contributed by atoms with Crippen LogP contribution < -0.4 is 5.14 Å². The number of hydrogen-bond donors (Lipinski definition) is 1. The fraction of sp³-hybridized carbons (Fsp3) is 0.385. The molecule has 22 heavy (non-hydrogen) atoms. The molecule has 7 nitrogen and oxygen atoms in total. The number of carbonyl (C=O) groups is 1. The number of primary sulfonamides is 1. The molecule has 9 heteroatoms. The highest BCUT2D eigenvalue weighted by molar-refractivity contribution is 7.89. The van der Waals surface area contributed by atoms with E-state index in [9.17, 15) is 13.2 Å². The summed E-state index contributed by atoms with van der Waals surface area (Å²) in [5, 5.41) is 11.0. The number of nitrogens with zero attached hydrogens (tertiary/aromatic N) is 3. The summed E-state index contributed by atoms with van der Waals surface area (Å²) in [6.45, 7) is 2.66. The molecule has 1 aliphatic heterocycles. The second kappa shape index (κ2) is 5.49. The molecule has 0 saturated carbocycles. The van der Waals surface area contributed by atoms with E-state index in [1.54, 1.807) is 16.2 Å². The minimum absolute atomic E-state index is 0.000664. The number of thiophene rings is 1. The van der Waals surface area contributed by atoms with Crippen LogP contribution in [0.4, 0.5) is 0 Å². The fourth-order valence-corrected chi connectivity index (χ4v) is 4.08. The number of carbonyl (C=O) groups excluding carboxylic acids is 1. The third kappa shape index (κ3) is 2.79. The Balaban J connectivity index is 1.74. The lowest BCUT2D eigenvalue weighted by Gasteiger charge is -2.33. The number of sulfonamides is 1. The van der Waals surface area contributed by atoms with Crippen LogP contribution in [-0.2, 0) is 27.8 Å². The summed E-state index contributed by atoms with van der Waals surface area (Å²) in [6.07, 6.45) is 3.28. The van der Waals surface area contributed by atoms with E-state index in [-0.39, 0.29) is 23.4 Å². The van der Waals surface area contributed by atoms with Gasteiger partial charge < -0.3 is 4.90 Å². The maximum absolute atomic E-state index is 12.5. The van der Waals surface area contributed by atoms with Crippen molar-refractivity contribution >= 4 is 27.3 Å². The van der Waals surface area contributed by atoms with Crippen molar-refractivity contribution in [3.63, 3.8) is 0 Å². The molecule has 0 saturated heterocycles. The van der Waals surface area contributed by atoms with Crippen LogP contribution in [0.5, 0.6) is 0 Å². The van der Waals surface area contributed by atoms with Gasteiger partial charge in [0, 0.05) is 17.6 Å². The van der Waals surface area contributed by atoms with Crippen LogP contribution in [0.3, 0.4) is 0 Å². The van der Waals surface area contributed by atoms with E-state index in [0.29, 0.717) is 6.54 Å². The van der Waals surface area contributed by atoms with Crippen LogP contribution in [0.25, 0.3) is 0 Å². The molecule has 2 aromatic heterocycles. The predicted octanol–water partition coefficient (Wildman–Crippen LogP) is 0.738. The van der Waals surface area contributed by atoms with Crippen LogP contribution in [-0.4, -0.2) is 35.6 Å². The molecule has 0 aromatic carbocycles. The number of aromatic nitrogens is 2. The smallest absolute Gasteiger partial charge is 0.244 e. The van der Waals surface area contributed by atoms with E-state index < -0.39 is 10.0 Å². The molecule has 0 radical (unpaired) electrons. The molecule has 118 valence electrons. The molecule has 1 atom stereocenters. The quantitative estimate of drug-likeness (QED) is 0.891. The molecule has 2 N–H and O–H groups in total. The van der Waals surface area contributed by atoms with Gasteiger partial charge in [-0.05, 0) is 30.4 Å². The zero-order valence-corrected chi connectivity index (χ0v) is 13.6. The third-order valence-electron chi connectivity index (χ3n) is 3.83. The van der Waals surface area contributed by atoms with Crippen molar-refractivity contribution < 1.29 is 13.2 Å². The van der Waals surface area contributed by atoms with Gasteiger partial charge in [-0.1, -0.05) is 0 Å². The summed E-state index contributed by atoms with van der Waals surface area (Å²) in [5.41, 5.74) is 1.19. The molecule has 2 aromatic rings. The van der Waals surface area contributed by atoms with Gasteiger partial charge in [-0.15, -0.1) is 11.3 Å². The summed E-state index contributed by atoms with van der Waals surface area (Å²) in [5.74, 6) is -0.0894. The average molecular weight is 340 g/mol. The molecular weight excluding hydrogens is 324 g/mol. The van der Waals surface area contributed by atoms with Gasteiger partial charge in [-0.2, -0.15) is 5.10 Å². The van der Waals surface area contributed by atoms with Crippen molar-refractivity contribution in [3.05, 3.63) is 34.3 Å².